The summed E-state index contributed by atoms with van der Waals surface area (Å²) in [5.41, 5.74) is 1.54. The number of hydrogen-bond acceptors (Lipinski definition) is 5. The van der Waals surface area contributed by atoms with Crippen LogP contribution in [0.25, 0.3) is 0 Å². The molecule has 6 nitrogen and oxygen atoms in total. The van der Waals surface area contributed by atoms with Crippen molar-refractivity contribution in [3.63, 3.8) is 0 Å². The molecule has 0 bridgehead atoms. The number of carbonyl (C=O) groups excluding carboxylic acids is 1. The molecule has 168 valence electrons. The Morgan fingerprint density at radius 2 is 1.94 bits per heavy atom. The van der Waals surface area contributed by atoms with Crippen molar-refractivity contribution in [1.82, 2.24) is 9.21 Å². The molecule has 1 saturated heterocycles. The second-order valence-electron chi connectivity index (χ2n) is 8.20. The number of benzene rings is 1. The molecule has 4 rings (SSSR count). The van der Waals surface area contributed by atoms with E-state index in [4.69, 9.17) is 16.3 Å². The topological polar surface area (TPSA) is 66.9 Å². The molecule has 3 heterocycles. The van der Waals surface area contributed by atoms with Crippen molar-refractivity contribution in [2.75, 3.05) is 19.6 Å². The van der Waals surface area contributed by atoms with Gasteiger partial charge in [0.1, 0.15) is 4.90 Å². The van der Waals surface area contributed by atoms with Gasteiger partial charge >= 0.3 is 0 Å². The maximum atomic E-state index is 13.4. The van der Waals surface area contributed by atoms with Gasteiger partial charge in [-0.15, -0.1) is 11.3 Å². The van der Waals surface area contributed by atoms with Crippen LogP contribution in [-0.2, 0) is 21.2 Å². The number of thiophene rings is 1. The minimum atomic E-state index is -3.85. The number of nitrogens with zero attached hydrogens (tertiary/aromatic N) is 2. The summed E-state index contributed by atoms with van der Waals surface area (Å²) in [6.45, 7) is 6.89. The first kappa shape index (κ1) is 22.7. The number of carbonyl (C=O) groups is 1. The lowest BCUT2D eigenvalue weighted by Gasteiger charge is -2.36. The van der Waals surface area contributed by atoms with Gasteiger partial charge in [0.05, 0.1) is 23.3 Å². The van der Waals surface area contributed by atoms with E-state index in [0.717, 1.165) is 12.8 Å². The molecule has 0 spiro atoms. The fourth-order valence-corrected chi connectivity index (χ4v) is 7.56. The number of sulfonamides is 1. The van der Waals surface area contributed by atoms with Gasteiger partial charge < -0.3 is 9.64 Å². The second-order valence-corrected chi connectivity index (χ2v) is 11.5. The van der Waals surface area contributed by atoms with Crippen molar-refractivity contribution in [2.24, 2.45) is 0 Å². The first-order valence-corrected chi connectivity index (χ1v) is 13.2. The molecule has 2 aromatic rings. The summed E-state index contributed by atoms with van der Waals surface area (Å²) >= 11 is 8.04. The quantitative estimate of drug-likeness (QED) is 0.649. The van der Waals surface area contributed by atoms with Gasteiger partial charge in [0.25, 0.3) is 5.91 Å². The lowest BCUT2D eigenvalue weighted by atomic mass is 9.97. The highest BCUT2D eigenvalue weighted by Crippen LogP contribution is 2.36. The van der Waals surface area contributed by atoms with Gasteiger partial charge in [0.2, 0.25) is 10.0 Å². The lowest BCUT2D eigenvalue weighted by molar-refractivity contribution is -0.0440. The second kappa shape index (κ2) is 8.83. The molecule has 9 heteroatoms. The Hall–Kier alpha value is -1.45. The van der Waals surface area contributed by atoms with Crippen molar-refractivity contribution in [3.05, 3.63) is 50.7 Å². The molecule has 31 heavy (non-hydrogen) atoms. The van der Waals surface area contributed by atoms with E-state index < -0.39 is 10.0 Å². The zero-order valence-corrected chi connectivity index (χ0v) is 20.3. The lowest BCUT2D eigenvalue weighted by Crippen LogP contribution is -2.48. The Bertz CT molecular complexity index is 1070. The van der Waals surface area contributed by atoms with Crippen molar-refractivity contribution in [1.29, 1.82) is 0 Å². The first-order valence-electron chi connectivity index (χ1n) is 10.5. The van der Waals surface area contributed by atoms with Gasteiger partial charge in [-0.2, -0.15) is 4.31 Å². The predicted octanol–water partition coefficient (Wildman–Crippen LogP) is 4.35. The predicted molar refractivity (Wildman–Crippen MR) is 122 cm³/mol. The molecule has 0 radical (unpaired) electrons. The van der Waals surface area contributed by atoms with Gasteiger partial charge in [-0.1, -0.05) is 18.5 Å². The van der Waals surface area contributed by atoms with Gasteiger partial charge in [-0.3, -0.25) is 4.79 Å². The number of fused-ring (bicyclic) bond motifs is 1. The van der Waals surface area contributed by atoms with Crippen LogP contribution in [0.3, 0.4) is 0 Å². The molecular formula is C22H27ClN2O4S2. The molecule has 3 atom stereocenters. The highest BCUT2D eigenvalue weighted by atomic mass is 35.5. The SMILES string of the molecule is CCC1c2ccsc2CCN1C(=O)c1ccc(Cl)c(S(=O)(=O)N2CC(C)OC(C)C2)c1. The molecule has 1 amide bonds. The van der Waals surface area contributed by atoms with Gasteiger partial charge in [-0.05, 0) is 61.9 Å². The summed E-state index contributed by atoms with van der Waals surface area (Å²) in [4.78, 5) is 16.6. The monoisotopic (exact) mass is 482 g/mol. The number of morpholine rings is 1. The number of hydrogen-bond donors (Lipinski definition) is 0. The Labute approximate surface area is 192 Å². The van der Waals surface area contributed by atoms with Crippen LogP contribution in [0, 0.1) is 0 Å². The summed E-state index contributed by atoms with van der Waals surface area (Å²) in [7, 11) is -3.85. The fraction of sp³-hybridized carbons (Fsp3) is 0.500. The van der Waals surface area contributed by atoms with Crippen molar-refractivity contribution in [2.45, 2.75) is 56.8 Å². The van der Waals surface area contributed by atoms with E-state index in [9.17, 15) is 13.2 Å². The standard InChI is InChI=1S/C22H27ClN2O4S2/c1-4-19-17-8-10-30-20(17)7-9-25(19)22(26)16-5-6-18(23)21(11-16)31(27,28)24-12-14(2)29-15(3)13-24/h5-6,8,10-11,14-15,19H,4,7,9,12-13H2,1-3H3. The van der Waals surface area contributed by atoms with Crippen molar-refractivity contribution >= 4 is 38.9 Å². The van der Waals surface area contributed by atoms with Crippen LogP contribution in [0.1, 0.15) is 54.0 Å². The number of ether oxygens (including phenoxy) is 1. The molecule has 0 N–H and O–H groups in total. The number of amides is 1. The van der Waals surface area contributed by atoms with E-state index in [0.29, 0.717) is 12.1 Å². The molecule has 1 fully saturated rings. The molecule has 1 aromatic heterocycles. The third-order valence-corrected chi connectivity index (χ3v) is 9.23. The van der Waals surface area contributed by atoms with Crippen LogP contribution in [0.2, 0.25) is 5.02 Å². The summed E-state index contributed by atoms with van der Waals surface area (Å²) in [6.07, 6.45) is 1.20. The summed E-state index contributed by atoms with van der Waals surface area (Å²) in [5, 5.41) is 2.19. The van der Waals surface area contributed by atoms with Gasteiger partial charge in [-0.25, -0.2) is 8.42 Å². The molecule has 0 saturated carbocycles. The van der Waals surface area contributed by atoms with E-state index in [1.807, 2.05) is 18.7 Å². The zero-order valence-electron chi connectivity index (χ0n) is 17.9. The van der Waals surface area contributed by atoms with Crippen LogP contribution >= 0.6 is 22.9 Å². The minimum Gasteiger partial charge on any atom is -0.373 e. The summed E-state index contributed by atoms with van der Waals surface area (Å²) < 4.78 is 33.8. The molecule has 3 unspecified atom stereocenters. The van der Waals surface area contributed by atoms with E-state index in [2.05, 4.69) is 18.4 Å². The van der Waals surface area contributed by atoms with E-state index in [-0.39, 0.29) is 47.2 Å². The highest BCUT2D eigenvalue weighted by Gasteiger charge is 2.35. The summed E-state index contributed by atoms with van der Waals surface area (Å²) in [5.74, 6) is -0.166. The van der Waals surface area contributed by atoms with Crippen LogP contribution in [0.5, 0.6) is 0 Å². The smallest absolute Gasteiger partial charge is 0.254 e. The number of rotatable bonds is 4. The largest absolute Gasteiger partial charge is 0.373 e. The number of halogens is 1. The van der Waals surface area contributed by atoms with Crippen molar-refractivity contribution < 1.29 is 17.9 Å². The Morgan fingerprint density at radius 1 is 1.23 bits per heavy atom. The van der Waals surface area contributed by atoms with E-state index >= 15 is 0 Å². The van der Waals surface area contributed by atoms with Gasteiger partial charge in [0, 0.05) is 30.1 Å². The third-order valence-electron chi connectivity index (χ3n) is 5.92. The van der Waals surface area contributed by atoms with Gasteiger partial charge in [0.15, 0.2) is 0 Å². The average molecular weight is 483 g/mol. The molecular weight excluding hydrogens is 456 g/mol. The molecule has 2 aliphatic rings. The molecule has 2 aliphatic heterocycles. The molecule has 0 aliphatic carbocycles. The van der Waals surface area contributed by atoms with Crippen LogP contribution in [-0.4, -0.2) is 55.4 Å². The fourth-order valence-electron chi connectivity index (χ4n) is 4.55. The summed E-state index contributed by atoms with van der Waals surface area (Å²) in [6, 6.07) is 6.64. The maximum Gasteiger partial charge on any atom is 0.254 e. The third kappa shape index (κ3) is 4.28. The van der Waals surface area contributed by atoms with Crippen LogP contribution in [0.15, 0.2) is 34.5 Å². The average Bonchev–Trinajstić information content (AvgIpc) is 3.21. The molecule has 1 aromatic carbocycles. The maximum absolute atomic E-state index is 13.4. The van der Waals surface area contributed by atoms with E-state index in [1.54, 1.807) is 17.4 Å². The zero-order chi connectivity index (χ0) is 22.3. The first-order chi connectivity index (χ1) is 14.7. The highest BCUT2D eigenvalue weighted by molar-refractivity contribution is 7.89. The minimum absolute atomic E-state index is 0.000761. The van der Waals surface area contributed by atoms with Crippen LogP contribution < -0.4 is 0 Å². The van der Waals surface area contributed by atoms with Crippen molar-refractivity contribution in [3.8, 4) is 0 Å². The van der Waals surface area contributed by atoms with E-state index in [1.165, 1.54) is 26.9 Å². The Kier molecular flexibility index (Phi) is 6.47. The normalized spacial score (nSPS) is 24.8. The Morgan fingerprint density at radius 3 is 2.61 bits per heavy atom. The van der Waals surface area contributed by atoms with Crippen LogP contribution in [0.4, 0.5) is 0 Å². The Balaban J connectivity index is 1.66.